The van der Waals surface area contributed by atoms with Crippen LogP contribution in [-0.4, -0.2) is 27.0 Å². The first kappa shape index (κ1) is 15.8. The van der Waals surface area contributed by atoms with Gasteiger partial charge in [0, 0.05) is 24.8 Å². The Morgan fingerprint density at radius 1 is 1.19 bits per heavy atom. The fraction of sp³-hybridized carbons (Fsp3) is 0.214. The minimum atomic E-state index is -3.58. The predicted octanol–water partition coefficient (Wildman–Crippen LogP) is 2.30. The average Bonchev–Trinajstić information content (AvgIpc) is 2.49. The summed E-state index contributed by atoms with van der Waals surface area (Å²) in [5.41, 5.74) is 1.02. The molecule has 1 aromatic carbocycles. The Bertz CT molecular complexity index is 702. The molecule has 0 bridgehead atoms. The van der Waals surface area contributed by atoms with Crippen LogP contribution >= 0.6 is 11.6 Å². The number of hydrogen-bond donors (Lipinski definition) is 2. The number of nitrogens with one attached hydrogen (secondary N) is 2. The SMILES string of the molecule is CNc1ncccc1S(=O)(=O)NCCc1ccc(Cl)cc1. The molecule has 21 heavy (non-hydrogen) atoms. The van der Waals surface area contributed by atoms with E-state index in [-0.39, 0.29) is 4.90 Å². The van der Waals surface area contributed by atoms with Crippen LogP contribution in [0.3, 0.4) is 0 Å². The van der Waals surface area contributed by atoms with Crippen LogP contribution in [0.4, 0.5) is 5.82 Å². The first-order chi connectivity index (χ1) is 10.0. The van der Waals surface area contributed by atoms with Crippen molar-refractivity contribution in [2.45, 2.75) is 11.3 Å². The molecule has 7 heteroatoms. The first-order valence-electron chi connectivity index (χ1n) is 6.40. The van der Waals surface area contributed by atoms with E-state index < -0.39 is 10.0 Å². The highest BCUT2D eigenvalue weighted by molar-refractivity contribution is 7.89. The highest BCUT2D eigenvalue weighted by atomic mass is 35.5. The summed E-state index contributed by atoms with van der Waals surface area (Å²) in [6.45, 7) is 0.308. The maximum Gasteiger partial charge on any atom is 0.244 e. The summed E-state index contributed by atoms with van der Waals surface area (Å²) in [7, 11) is -1.95. The molecule has 0 radical (unpaired) electrons. The van der Waals surface area contributed by atoms with Crippen LogP contribution < -0.4 is 10.0 Å². The molecular weight excluding hydrogens is 310 g/mol. The lowest BCUT2D eigenvalue weighted by atomic mass is 10.2. The third-order valence-electron chi connectivity index (χ3n) is 2.92. The highest BCUT2D eigenvalue weighted by Crippen LogP contribution is 2.17. The average molecular weight is 326 g/mol. The predicted molar refractivity (Wildman–Crippen MR) is 84.1 cm³/mol. The topological polar surface area (TPSA) is 71.1 Å². The van der Waals surface area contributed by atoms with Crippen molar-refractivity contribution in [2.24, 2.45) is 0 Å². The summed E-state index contributed by atoms with van der Waals surface area (Å²) < 4.78 is 27.1. The summed E-state index contributed by atoms with van der Waals surface area (Å²) in [6.07, 6.45) is 2.13. The van der Waals surface area contributed by atoms with Crippen molar-refractivity contribution in [2.75, 3.05) is 18.9 Å². The lowest BCUT2D eigenvalue weighted by Gasteiger charge is -2.10. The lowest BCUT2D eigenvalue weighted by molar-refractivity contribution is 0.581. The zero-order valence-corrected chi connectivity index (χ0v) is 13.1. The second-order valence-corrected chi connectivity index (χ2v) is 6.55. The van der Waals surface area contributed by atoms with Gasteiger partial charge in [-0.2, -0.15) is 0 Å². The van der Waals surface area contributed by atoms with Crippen molar-refractivity contribution in [1.29, 1.82) is 0 Å². The number of pyridine rings is 1. The summed E-state index contributed by atoms with van der Waals surface area (Å²) in [5.74, 6) is 0.330. The molecule has 0 atom stereocenters. The second-order valence-electron chi connectivity index (χ2n) is 4.37. The van der Waals surface area contributed by atoms with Crippen molar-refractivity contribution < 1.29 is 8.42 Å². The number of halogens is 1. The van der Waals surface area contributed by atoms with E-state index in [4.69, 9.17) is 11.6 Å². The normalized spacial score (nSPS) is 11.3. The Morgan fingerprint density at radius 3 is 2.57 bits per heavy atom. The van der Waals surface area contributed by atoms with Gasteiger partial charge in [0.15, 0.2) is 0 Å². The minimum absolute atomic E-state index is 0.142. The maximum atomic E-state index is 12.2. The molecule has 2 aromatic rings. The molecule has 0 saturated carbocycles. The molecule has 1 aromatic heterocycles. The van der Waals surface area contributed by atoms with Crippen molar-refractivity contribution >= 4 is 27.4 Å². The largest absolute Gasteiger partial charge is 0.372 e. The number of anilines is 1. The van der Waals surface area contributed by atoms with Crippen LogP contribution in [0.15, 0.2) is 47.5 Å². The monoisotopic (exact) mass is 325 g/mol. The van der Waals surface area contributed by atoms with Crippen LogP contribution in [-0.2, 0) is 16.4 Å². The van der Waals surface area contributed by atoms with Crippen molar-refractivity contribution in [1.82, 2.24) is 9.71 Å². The maximum absolute atomic E-state index is 12.2. The molecule has 1 heterocycles. The zero-order chi connectivity index (χ0) is 15.3. The van der Waals surface area contributed by atoms with Gasteiger partial charge >= 0.3 is 0 Å². The number of hydrogen-bond acceptors (Lipinski definition) is 4. The van der Waals surface area contributed by atoms with Crippen LogP contribution in [0.25, 0.3) is 0 Å². The Balaban J connectivity index is 2.03. The van der Waals surface area contributed by atoms with E-state index in [2.05, 4.69) is 15.0 Å². The van der Waals surface area contributed by atoms with Crippen molar-refractivity contribution in [3.05, 3.63) is 53.2 Å². The van der Waals surface area contributed by atoms with E-state index in [1.807, 2.05) is 12.1 Å². The van der Waals surface area contributed by atoms with Crippen molar-refractivity contribution in [3.63, 3.8) is 0 Å². The van der Waals surface area contributed by atoms with Gasteiger partial charge in [0.2, 0.25) is 10.0 Å². The first-order valence-corrected chi connectivity index (χ1v) is 8.26. The molecule has 2 rings (SSSR count). The van der Waals surface area contributed by atoms with Gasteiger partial charge in [-0.25, -0.2) is 18.1 Å². The highest BCUT2D eigenvalue weighted by Gasteiger charge is 2.17. The molecular formula is C14H16ClN3O2S. The molecule has 0 aliphatic rings. The van der Waals surface area contributed by atoms with Gasteiger partial charge in [0.25, 0.3) is 0 Å². The molecule has 0 spiro atoms. The Labute approximate surface area is 129 Å². The molecule has 0 aliphatic heterocycles. The Hall–Kier alpha value is -1.63. The van der Waals surface area contributed by atoms with E-state index in [1.165, 1.54) is 6.07 Å². The van der Waals surface area contributed by atoms with Gasteiger partial charge < -0.3 is 5.32 Å². The van der Waals surface area contributed by atoms with Gasteiger partial charge in [0.05, 0.1) is 0 Å². The fourth-order valence-corrected chi connectivity index (χ4v) is 3.17. The van der Waals surface area contributed by atoms with E-state index in [9.17, 15) is 8.42 Å². The van der Waals surface area contributed by atoms with E-state index in [1.54, 1.807) is 31.4 Å². The zero-order valence-electron chi connectivity index (χ0n) is 11.5. The summed E-state index contributed by atoms with van der Waals surface area (Å²) in [4.78, 5) is 4.14. The third-order valence-corrected chi connectivity index (χ3v) is 4.66. The lowest BCUT2D eigenvalue weighted by Crippen LogP contribution is -2.26. The number of benzene rings is 1. The Morgan fingerprint density at radius 2 is 1.90 bits per heavy atom. The molecule has 0 fully saturated rings. The van der Waals surface area contributed by atoms with Gasteiger partial charge in [-0.3, -0.25) is 0 Å². The number of rotatable bonds is 6. The van der Waals surface area contributed by atoms with Gasteiger partial charge in [0.1, 0.15) is 10.7 Å². The quantitative estimate of drug-likeness (QED) is 0.855. The standard InChI is InChI=1S/C14H16ClN3O2S/c1-16-14-13(3-2-9-17-14)21(19,20)18-10-8-11-4-6-12(15)7-5-11/h2-7,9,18H,8,10H2,1H3,(H,16,17). The van der Waals surface area contributed by atoms with Gasteiger partial charge in [-0.05, 0) is 36.2 Å². The number of aromatic nitrogens is 1. The number of sulfonamides is 1. The molecule has 0 saturated heterocycles. The van der Waals surface area contributed by atoms with Crippen LogP contribution in [0, 0.1) is 0 Å². The fourth-order valence-electron chi connectivity index (χ4n) is 1.85. The third kappa shape index (κ3) is 4.17. The second kappa shape index (κ2) is 6.89. The summed E-state index contributed by atoms with van der Waals surface area (Å²) >= 11 is 5.81. The van der Waals surface area contributed by atoms with E-state index in [0.717, 1.165) is 5.56 Å². The molecule has 0 aliphatic carbocycles. The van der Waals surface area contributed by atoms with Crippen LogP contribution in [0.2, 0.25) is 5.02 Å². The molecule has 112 valence electrons. The Kier molecular flexibility index (Phi) is 5.17. The summed E-state index contributed by atoms with van der Waals surface area (Å²) in [5, 5.41) is 3.43. The van der Waals surface area contributed by atoms with E-state index >= 15 is 0 Å². The molecule has 0 unspecified atom stereocenters. The number of nitrogens with zero attached hydrogens (tertiary/aromatic N) is 1. The van der Waals surface area contributed by atoms with Gasteiger partial charge in [-0.15, -0.1) is 0 Å². The van der Waals surface area contributed by atoms with Crippen LogP contribution in [0.5, 0.6) is 0 Å². The van der Waals surface area contributed by atoms with Crippen molar-refractivity contribution in [3.8, 4) is 0 Å². The minimum Gasteiger partial charge on any atom is -0.372 e. The van der Waals surface area contributed by atoms with Gasteiger partial charge in [-0.1, -0.05) is 23.7 Å². The smallest absolute Gasteiger partial charge is 0.244 e. The molecule has 2 N–H and O–H groups in total. The summed E-state index contributed by atoms with van der Waals surface area (Å²) in [6, 6.07) is 10.4. The van der Waals surface area contributed by atoms with E-state index in [0.29, 0.717) is 23.8 Å². The molecule has 5 nitrogen and oxygen atoms in total. The van der Waals surface area contributed by atoms with Crippen LogP contribution in [0.1, 0.15) is 5.56 Å². The molecule has 0 amide bonds.